The third-order valence-corrected chi connectivity index (χ3v) is 3.41. The van der Waals surface area contributed by atoms with E-state index in [9.17, 15) is 0 Å². The molecule has 2 N–H and O–H groups in total. The van der Waals surface area contributed by atoms with Gasteiger partial charge in [0, 0.05) is 23.1 Å². The SMILES string of the molecule is Cc1cc(Nc2ccc(C#N)cc2)nc(Nc2ccc(C#N)cc2)n1. The molecule has 25 heavy (non-hydrogen) atoms. The van der Waals surface area contributed by atoms with Crippen molar-refractivity contribution in [1.29, 1.82) is 10.5 Å². The van der Waals surface area contributed by atoms with Crippen LogP contribution < -0.4 is 10.6 Å². The molecule has 0 aliphatic heterocycles. The first-order valence-corrected chi connectivity index (χ1v) is 7.56. The van der Waals surface area contributed by atoms with E-state index in [1.807, 2.05) is 25.1 Å². The van der Waals surface area contributed by atoms with Crippen molar-refractivity contribution < 1.29 is 0 Å². The molecule has 0 aliphatic carbocycles. The normalized spacial score (nSPS) is 9.72. The van der Waals surface area contributed by atoms with E-state index in [1.54, 1.807) is 36.4 Å². The van der Waals surface area contributed by atoms with Gasteiger partial charge in [-0.2, -0.15) is 15.5 Å². The predicted octanol–water partition coefficient (Wildman–Crippen LogP) is 4.02. The summed E-state index contributed by atoms with van der Waals surface area (Å²) < 4.78 is 0. The van der Waals surface area contributed by atoms with Crippen molar-refractivity contribution in [2.45, 2.75) is 6.92 Å². The van der Waals surface area contributed by atoms with Gasteiger partial charge in [-0.3, -0.25) is 0 Å². The number of aromatic nitrogens is 2. The van der Waals surface area contributed by atoms with Crippen LogP contribution in [0.1, 0.15) is 16.8 Å². The molecule has 0 radical (unpaired) electrons. The first-order valence-electron chi connectivity index (χ1n) is 7.56. The number of benzene rings is 2. The Kier molecular flexibility index (Phi) is 4.55. The van der Waals surface area contributed by atoms with E-state index in [1.165, 1.54) is 0 Å². The van der Waals surface area contributed by atoms with E-state index in [4.69, 9.17) is 10.5 Å². The first kappa shape index (κ1) is 16.0. The highest BCUT2D eigenvalue weighted by molar-refractivity contribution is 5.61. The predicted molar refractivity (Wildman–Crippen MR) is 95.6 cm³/mol. The summed E-state index contributed by atoms with van der Waals surface area (Å²) in [6, 6.07) is 20.2. The molecular weight excluding hydrogens is 312 g/mol. The molecule has 2 aromatic carbocycles. The summed E-state index contributed by atoms with van der Waals surface area (Å²) >= 11 is 0. The van der Waals surface area contributed by atoms with Crippen LogP contribution in [0.4, 0.5) is 23.1 Å². The molecule has 3 aromatic rings. The van der Waals surface area contributed by atoms with Crippen LogP contribution in [0.2, 0.25) is 0 Å². The Morgan fingerprint density at radius 1 is 0.760 bits per heavy atom. The fraction of sp³-hybridized carbons (Fsp3) is 0.0526. The average molecular weight is 326 g/mol. The lowest BCUT2D eigenvalue weighted by atomic mass is 10.2. The number of hydrogen-bond acceptors (Lipinski definition) is 6. The molecule has 0 unspecified atom stereocenters. The maximum atomic E-state index is 8.85. The van der Waals surface area contributed by atoms with Gasteiger partial charge in [-0.15, -0.1) is 0 Å². The Labute approximate surface area is 145 Å². The summed E-state index contributed by atoms with van der Waals surface area (Å²) in [5.41, 5.74) is 3.64. The molecule has 1 heterocycles. The maximum Gasteiger partial charge on any atom is 0.229 e. The minimum absolute atomic E-state index is 0.459. The summed E-state index contributed by atoms with van der Waals surface area (Å²) in [4.78, 5) is 8.82. The molecule has 6 heteroatoms. The van der Waals surface area contributed by atoms with Crippen LogP contribution in [0.25, 0.3) is 0 Å². The van der Waals surface area contributed by atoms with Crippen LogP contribution in [-0.4, -0.2) is 9.97 Å². The Morgan fingerprint density at radius 2 is 1.28 bits per heavy atom. The molecule has 0 bridgehead atoms. The number of rotatable bonds is 4. The lowest BCUT2D eigenvalue weighted by Gasteiger charge is -2.10. The Hall–Kier alpha value is -3.90. The van der Waals surface area contributed by atoms with Gasteiger partial charge >= 0.3 is 0 Å². The van der Waals surface area contributed by atoms with Crippen molar-refractivity contribution >= 4 is 23.1 Å². The van der Waals surface area contributed by atoms with Crippen LogP contribution in [0.5, 0.6) is 0 Å². The molecule has 0 atom stereocenters. The van der Waals surface area contributed by atoms with E-state index in [0.717, 1.165) is 17.1 Å². The van der Waals surface area contributed by atoms with Gasteiger partial charge in [0.25, 0.3) is 0 Å². The largest absolute Gasteiger partial charge is 0.340 e. The highest BCUT2D eigenvalue weighted by Gasteiger charge is 2.04. The molecule has 0 amide bonds. The highest BCUT2D eigenvalue weighted by atomic mass is 15.1. The number of nitriles is 2. The molecule has 0 aliphatic rings. The first-order chi connectivity index (χ1) is 12.2. The monoisotopic (exact) mass is 326 g/mol. The number of hydrogen-bond donors (Lipinski definition) is 2. The van der Waals surface area contributed by atoms with Gasteiger partial charge in [-0.1, -0.05) is 0 Å². The minimum Gasteiger partial charge on any atom is -0.340 e. The van der Waals surface area contributed by atoms with E-state index in [-0.39, 0.29) is 0 Å². The molecular formula is C19H14N6. The zero-order valence-corrected chi connectivity index (χ0v) is 13.5. The van der Waals surface area contributed by atoms with E-state index >= 15 is 0 Å². The summed E-state index contributed by atoms with van der Waals surface area (Å²) in [5, 5.41) is 24.0. The van der Waals surface area contributed by atoms with Gasteiger partial charge in [0.05, 0.1) is 23.3 Å². The summed E-state index contributed by atoms with van der Waals surface area (Å²) in [6.07, 6.45) is 0. The third-order valence-electron chi connectivity index (χ3n) is 3.41. The standard InChI is InChI=1S/C19H14N6/c1-13-10-18(23-16-6-2-14(11-20)3-7-16)25-19(22-13)24-17-8-4-15(12-21)5-9-17/h2-10H,1H3,(H2,22,23,24,25). The van der Waals surface area contributed by atoms with Gasteiger partial charge in [0.15, 0.2) is 0 Å². The van der Waals surface area contributed by atoms with Crippen LogP contribution in [-0.2, 0) is 0 Å². The molecule has 0 saturated carbocycles. The van der Waals surface area contributed by atoms with Gasteiger partial charge in [-0.05, 0) is 55.5 Å². The average Bonchev–Trinajstić information content (AvgIpc) is 2.62. The lowest BCUT2D eigenvalue weighted by Crippen LogP contribution is -2.02. The maximum absolute atomic E-state index is 8.85. The van der Waals surface area contributed by atoms with Crippen molar-refractivity contribution in [3.63, 3.8) is 0 Å². The van der Waals surface area contributed by atoms with Gasteiger partial charge in [0.1, 0.15) is 5.82 Å². The van der Waals surface area contributed by atoms with Crippen LogP contribution in [0.3, 0.4) is 0 Å². The van der Waals surface area contributed by atoms with Crippen molar-refractivity contribution in [3.05, 3.63) is 71.4 Å². The number of nitrogens with one attached hydrogen (secondary N) is 2. The number of aryl methyl sites for hydroxylation is 1. The Bertz CT molecular complexity index is 885. The van der Waals surface area contributed by atoms with Gasteiger partial charge in [0.2, 0.25) is 5.95 Å². The number of nitrogens with zero attached hydrogens (tertiary/aromatic N) is 4. The van der Waals surface area contributed by atoms with Crippen LogP contribution >= 0.6 is 0 Å². The van der Waals surface area contributed by atoms with Gasteiger partial charge < -0.3 is 10.6 Å². The second-order valence-corrected chi connectivity index (χ2v) is 5.35. The van der Waals surface area contributed by atoms with Crippen LogP contribution in [0.15, 0.2) is 54.6 Å². The summed E-state index contributed by atoms with van der Waals surface area (Å²) in [7, 11) is 0. The smallest absolute Gasteiger partial charge is 0.229 e. The quantitative estimate of drug-likeness (QED) is 0.751. The van der Waals surface area contributed by atoms with E-state index in [2.05, 4.69) is 32.7 Å². The van der Waals surface area contributed by atoms with E-state index < -0.39 is 0 Å². The topological polar surface area (TPSA) is 97.4 Å². The molecule has 0 fully saturated rings. The zero-order chi connectivity index (χ0) is 17.6. The Balaban J connectivity index is 1.79. The molecule has 1 aromatic heterocycles. The second kappa shape index (κ2) is 7.12. The van der Waals surface area contributed by atoms with Gasteiger partial charge in [-0.25, -0.2) is 4.98 Å². The lowest BCUT2D eigenvalue weighted by molar-refractivity contribution is 1.11. The van der Waals surface area contributed by atoms with E-state index in [0.29, 0.717) is 22.9 Å². The third kappa shape index (κ3) is 4.10. The molecule has 3 rings (SSSR count). The second-order valence-electron chi connectivity index (χ2n) is 5.35. The van der Waals surface area contributed by atoms with Crippen molar-refractivity contribution in [1.82, 2.24) is 9.97 Å². The van der Waals surface area contributed by atoms with Crippen molar-refractivity contribution in [3.8, 4) is 12.1 Å². The van der Waals surface area contributed by atoms with Crippen molar-refractivity contribution in [2.24, 2.45) is 0 Å². The molecule has 6 nitrogen and oxygen atoms in total. The molecule has 120 valence electrons. The highest BCUT2D eigenvalue weighted by Crippen LogP contribution is 2.19. The fourth-order valence-corrected chi connectivity index (χ4v) is 2.22. The summed E-state index contributed by atoms with van der Waals surface area (Å²) in [6.45, 7) is 1.88. The Morgan fingerprint density at radius 3 is 1.80 bits per heavy atom. The number of anilines is 4. The van der Waals surface area contributed by atoms with Crippen molar-refractivity contribution in [2.75, 3.05) is 10.6 Å². The zero-order valence-electron chi connectivity index (χ0n) is 13.5. The van der Waals surface area contributed by atoms with Crippen LogP contribution in [0, 0.1) is 29.6 Å². The fourth-order valence-electron chi connectivity index (χ4n) is 2.22. The molecule has 0 saturated heterocycles. The minimum atomic E-state index is 0.459. The molecule has 0 spiro atoms. The summed E-state index contributed by atoms with van der Waals surface area (Å²) in [5.74, 6) is 1.11.